The van der Waals surface area contributed by atoms with Gasteiger partial charge in [-0.15, -0.1) is 0 Å². The van der Waals surface area contributed by atoms with Crippen molar-refractivity contribution in [3.05, 3.63) is 11.6 Å². The second-order valence-electron chi connectivity index (χ2n) is 4.04. The van der Waals surface area contributed by atoms with Gasteiger partial charge in [-0.3, -0.25) is 0 Å². The third kappa shape index (κ3) is 9.71. The molecule has 14 heavy (non-hydrogen) atoms. The highest BCUT2D eigenvalue weighted by Gasteiger charge is 2.03. The molecule has 0 saturated carbocycles. The van der Waals surface area contributed by atoms with Crippen LogP contribution in [-0.2, 0) is 4.74 Å². The molecule has 0 aromatic carbocycles. The van der Waals surface area contributed by atoms with E-state index in [0.717, 1.165) is 0 Å². The van der Waals surface area contributed by atoms with E-state index in [1.165, 1.54) is 5.57 Å². The van der Waals surface area contributed by atoms with Crippen molar-refractivity contribution in [1.29, 1.82) is 0 Å². The lowest BCUT2D eigenvalue weighted by Crippen LogP contribution is -2.34. The number of hydrogen-bond acceptors (Lipinski definition) is 3. The Morgan fingerprint density at radius 1 is 1.43 bits per heavy atom. The number of nitrogens with one attached hydrogen (secondary N) is 1. The molecular weight excluding hydrogens is 178 g/mol. The van der Waals surface area contributed by atoms with Crippen molar-refractivity contribution in [2.24, 2.45) is 0 Å². The lowest BCUT2D eigenvalue weighted by atomic mass is 10.3. The molecule has 2 N–H and O–H groups in total. The van der Waals surface area contributed by atoms with Crippen LogP contribution in [0.15, 0.2) is 11.6 Å². The van der Waals surface area contributed by atoms with Crippen LogP contribution in [0.1, 0.15) is 27.7 Å². The quantitative estimate of drug-likeness (QED) is 0.482. The van der Waals surface area contributed by atoms with Gasteiger partial charge in [0.25, 0.3) is 0 Å². The molecule has 0 bridgehead atoms. The summed E-state index contributed by atoms with van der Waals surface area (Å²) < 4.78 is 5.27. The normalized spacial score (nSPS) is 13.0. The predicted octanol–water partition coefficient (Wildman–Crippen LogP) is 1.33. The van der Waals surface area contributed by atoms with Crippen LogP contribution in [0.5, 0.6) is 0 Å². The fraction of sp³-hybridized carbons (Fsp3) is 0.818. The van der Waals surface area contributed by atoms with Crippen LogP contribution in [-0.4, -0.2) is 37.0 Å². The van der Waals surface area contributed by atoms with Crippen molar-refractivity contribution in [2.45, 2.75) is 39.8 Å². The predicted molar refractivity (Wildman–Crippen MR) is 59.4 cm³/mol. The fourth-order valence-electron chi connectivity index (χ4n) is 0.860. The highest BCUT2D eigenvalue weighted by atomic mass is 16.5. The summed E-state index contributed by atoms with van der Waals surface area (Å²) in [5, 5.41) is 12.6. The molecule has 0 aromatic rings. The molecule has 3 heteroatoms. The van der Waals surface area contributed by atoms with Crippen LogP contribution in [0.2, 0.25) is 0 Å². The molecular formula is C11H23NO2. The van der Waals surface area contributed by atoms with Gasteiger partial charge in [-0.05, 0) is 13.8 Å². The molecule has 1 unspecified atom stereocenters. The Morgan fingerprint density at radius 2 is 2.07 bits per heavy atom. The molecule has 0 aliphatic heterocycles. The Kier molecular flexibility index (Phi) is 7.76. The van der Waals surface area contributed by atoms with E-state index < -0.39 is 6.10 Å². The van der Waals surface area contributed by atoms with Gasteiger partial charge < -0.3 is 15.2 Å². The minimum Gasteiger partial charge on any atom is -0.389 e. The SMILES string of the molecule is CC(C)=CCOCC(O)CNC(C)C. The van der Waals surface area contributed by atoms with Gasteiger partial charge in [0.05, 0.1) is 19.3 Å². The summed E-state index contributed by atoms with van der Waals surface area (Å²) >= 11 is 0. The maximum absolute atomic E-state index is 9.46. The minimum atomic E-state index is -0.414. The van der Waals surface area contributed by atoms with E-state index in [1.54, 1.807) is 0 Å². The molecule has 1 atom stereocenters. The molecule has 0 radical (unpaired) electrons. The van der Waals surface area contributed by atoms with E-state index in [2.05, 4.69) is 19.2 Å². The van der Waals surface area contributed by atoms with Crippen molar-refractivity contribution < 1.29 is 9.84 Å². The maximum Gasteiger partial charge on any atom is 0.0897 e. The van der Waals surface area contributed by atoms with Crippen LogP contribution in [0.3, 0.4) is 0 Å². The summed E-state index contributed by atoms with van der Waals surface area (Å²) in [5.41, 5.74) is 1.24. The molecule has 3 nitrogen and oxygen atoms in total. The number of allylic oxidation sites excluding steroid dienone is 1. The fourth-order valence-corrected chi connectivity index (χ4v) is 0.860. The van der Waals surface area contributed by atoms with Gasteiger partial charge >= 0.3 is 0 Å². The number of hydrogen-bond donors (Lipinski definition) is 2. The molecule has 0 spiro atoms. The highest BCUT2D eigenvalue weighted by Crippen LogP contribution is 1.90. The zero-order valence-corrected chi connectivity index (χ0v) is 9.71. The van der Waals surface area contributed by atoms with E-state index in [0.29, 0.717) is 25.8 Å². The summed E-state index contributed by atoms with van der Waals surface area (Å²) in [4.78, 5) is 0. The summed E-state index contributed by atoms with van der Waals surface area (Å²) in [6, 6.07) is 0.405. The zero-order valence-electron chi connectivity index (χ0n) is 9.71. The third-order valence-electron chi connectivity index (χ3n) is 1.68. The van der Waals surface area contributed by atoms with E-state index >= 15 is 0 Å². The number of aliphatic hydroxyl groups is 1. The summed E-state index contributed by atoms with van der Waals surface area (Å²) in [7, 11) is 0. The van der Waals surface area contributed by atoms with E-state index in [4.69, 9.17) is 4.74 Å². The van der Waals surface area contributed by atoms with Crippen LogP contribution in [0, 0.1) is 0 Å². The van der Waals surface area contributed by atoms with Gasteiger partial charge in [0, 0.05) is 12.6 Å². The third-order valence-corrected chi connectivity index (χ3v) is 1.68. The van der Waals surface area contributed by atoms with Crippen molar-refractivity contribution in [1.82, 2.24) is 5.32 Å². The van der Waals surface area contributed by atoms with Crippen LogP contribution >= 0.6 is 0 Å². The second-order valence-corrected chi connectivity index (χ2v) is 4.04. The lowest BCUT2D eigenvalue weighted by Gasteiger charge is -2.13. The first-order valence-corrected chi connectivity index (χ1v) is 5.15. The molecule has 0 aliphatic rings. The zero-order chi connectivity index (χ0) is 11.0. The molecule has 0 aromatic heterocycles. The van der Waals surface area contributed by atoms with Gasteiger partial charge in [-0.2, -0.15) is 0 Å². The van der Waals surface area contributed by atoms with Crippen molar-refractivity contribution in [2.75, 3.05) is 19.8 Å². The van der Waals surface area contributed by atoms with Crippen molar-refractivity contribution in [3.8, 4) is 0 Å². The van der Waals surface area contributed by atoms with E-state index in [9.17, 15) is 5.11 Å². The summed E-state index contributed by atoms with van der Waals surface area (Å²) in [6.45, 7) is 9.73. The number of rotatable bonds is 7. The van der Waals surface area contributed by atoms with Gasteiger partial charge in [-0.1, -0.05) is 25.5 Å². The van der Waals surface area contributed by atoms with E-state index in [1.807, 2.05) is 19.9 Å². The largest absolute Gasteiger partial charge is 0.389 e. The molecule has 0 heterocycles. The Bertz CT molecular complexity index is 163. The van der Waals surface area contributed by atoms with Crippen LogP contribution in [0.4, 0.5) is 0 Å². The Morgan fingerprint density at radius 3 is 2.57 bits per heavy atom. The molecule has 0 rings (SSSR count). The molecule has 0 aliphatic carbocycles. The highest BCUT2D eigenvalue weighted by molar-refractivity contribution is 4.92. The smallest absolute Gasteiger partial charge is 0.0897 e. The standard InChI is InChI=1S/C11H23NO2/c1-9(2)5-6-14-8-11(13)7-12-10(3)4/h5,10-13H,6-8H2,1-4H3. The Balaban J connectivity index is 3.35. The van der Waals surface area contributed by atoms with Gasteiger partial charge in [0.15, 0.2) is 0 Å². The van der Waals surface area contributed by atoms with Crippen LogP contribution < -0.4 is 5.32 Å². The van der Waals surface area contributed by atoms with Crippen molar-refractivity contribution >= 4 is 0 Å². The topological polar surface area (TPSA) is 41.5 Å². The summed E-state index contributed by atoms with van der Waals surface area (Å²) in [5.74, 6) is 0. The first kappa shape index (κ1) is 13.6. The van der Waals surface area contributed by atoms with E-state index in [-0.39, 0.29) is 0 Å². The monoisotopic (exact) mass is 201 g/mol. The van der Waals surface area contributed by atoms with Gasteiger partial charge in [0.2, 0.25) is 0 Å². The molecule has 0 amide bonds. The number of ether oxygens (including phenoxy) is 1. The van der Waals surface area contributed by atoms with Crippen molar-refractivity contribution in [3.63, 3.8) is 0 Å². The van der Waals surface area contributed by atoms with Gasteiger partial charge in [-0.25, -0.2) is 0 Å². The Hall–Kier alpha value is -0.380. The first-order valence-electron chi connectivity index (χ1n) is 5.15. The number of aliphatic hydroxyl groups excluding tert-OH is 1. The minimum absolute atomic E-state index is 0.392. The molecule has 0 saturated heterocycles. The van der Waals surface area contributed by atoms with Crippen LogP contribution in [0.25, 0.3) is 0 Å². The maximum atomic E-state index is 9.46. The lowest BCUT2D eigenvalue weighted by molar-refractivity contribution is 0.0482. The average molecular weight is 201 g/mol. The van der Waals surface area contributed by atoms with Gasteiger partial charge in [0.1, 0.15) is 0 Å². The second kappa shape index (κ2) is 7.97. The Labute approximate surface area is 87.2 Å². The molecule has 0 fully saturated rings. The molecule has 84 valence electrons. The first-order chi connectivity index (χ1) is 6.52. The average Bonchev–Trinajstić information content (AvgIpc) is 2.08. The summed E-state index contributed by atoms with van der Waals surface area (Å²) in [6.07, 6.45) is 1.59.